The van der Waals surface area contributed by atoms with Gasteiger partial charge in [-0.15, -0.1) is 11.3 Å². The van der Waals surface area contributed by atoms with Gasteiger partial charge in [0.25, 0.3) is 0 Å². The van der Waals surface area contributed by atoms with Crippen molar-refractivity contribution in [2.45, 2.75) is 0 Å². The van der Waals surface area contributed by atoms with Crippen molar-refractivity contribution in [3.05, 3.63) is 58.3 Å². The van der Waals surface area contributed by atoms with E-state index in [1.54, 1.807) is 24.3 Å². The Labute approximate surface area is 128 Å². The number of benzene rings is 1. The Bertz CT molecular complexity index is 842. The number of hydrogen-bond donors (Lipinski definition) is 1. The fraction of sp³-hybridized carbons (Fsp3) is 0. The van der Waals surface area contributed by atoms with Crippen LogP contribution in [0.5, 0.6) is 0 Å². The van der Waals surface area contributed by atoms with Crippen LogP contribution in [0, 0.1) is 5.82 Å². The second-order valence-corrected chi connectivity index (χ2v) is 5.15. The van der Waals surface area contributed by atoms with E-state index in [9.17, 15) is 9.18 Å². The van der Waals surface area contributed by atoms with Crippen LogP contribution >= 0.6 is 11.3 Å². The third-order valence-corrected chi connectivity index (χ3v) is 3.61. The summed E-state index contributed by atoms with van der Waals surface area (Å²) >= 11 is 1.21. The Balaban J connectivity index is 1.82. The van der Waals surface area contributed by atoms with Gasteiger partial charge in [0.15, 0.2) is 5.69 Å². The molecule has 8 heteroatoms. The average Bonchev–Trinajstić information content (AvgIpc) is 3.17. The zero-order valence-corrected chi connectivity index (χ0v) is 11.9. The molecule has 2 heterocycles. The largest absolute Gasteiger partial charge is 0.476 e. The Morgan fingerprint density at radius 1 is 1.36 bits per heavy atom. The van der Waals surface area contributed by atoms with Crippen LogP contribution in [0.3, 0.4) is 0 Å². The molecule has 1 N–H and O–H groups in total. The van der Waals surface area contributed by atoms with Crippen molar-refractivity contribution in [3.63, 3.8) is 0 Å². The summed E-state index contributed by atoms with van der Waals surface area (Å²) in [5.74, 6) is -1.50. The molecule has 3 rings (SSSR count). The number of halogens is 1. The van der Waals surface area contributed by atoms with E-state index in [4.69, 9.17) is 5.11 Å². The van der Waals surface area contributed by atoms with Crippen LogP contribution in [0.4, 0.5) is 4.39 Å². The van der Waals surface area contributed by atoms with Gasteiger partial charge in [-0.05, 0) is 23.8 Å². The normalized spacial score (nSPS) is 11.1. The predicted molar refractivity (Wildman–Crippen MR) is 79.3 cm³/mol. The highest BCUT2D eigenvalue weighted by molar-refractivity contribution is 7.10. The van der Waals surface area contributed by atoms with E-state index in [-0.39, 0.29) is 5.69 Å². The summed E-state index contributed by atoms with van der Waals surface area (Å²) in [6.07, 6.45) is 6.05. The standard InChI is InChI=1S/C14H9FN4O2S/c15-10-5-9(1-3-12(10)19-8-16-7-17-19)2-4-13-18-11(6-22-13)14(20)21/h1-8H,(H,20,21)/b4-2+. The molecule has 110 valence electrons. The number of rotatable bonds is 4. The number of aromatic nitrogens is 4. The first-order chi connectivity index (χ1) is 10.6. The van der Waals surface area contributed by atoms with Gasteiger partial charge in [-0.3, -0.25) is 0 Å². The van der Waals surface area contributed by atoms with E-state index in [2.05, 4.69) is 15.1 Å². The molecule has 0 fully saturated rings. The van der Waals surface area contributed by atoms with E-state index in [1.165, 1.54) is 40.1 Å². The molecular weight excluding hydrogens is 307 g/mol. The monoisotopic (exact) mass is 316 g/mol. The van der Waals surface area contributed by atoms with E-state index >= 15 is 0 Å². The highest BCUT2D eigenvalue weighted by Gasteiger charge is 2.07. The minimum atomic E-state index is -1.07. The second-order valence-electron chi connectivity index (χ2n) is 4.26. The van der Waals surface area contributed by atoms with E-state index in [0.717, 1.165) is 0 Å². The van der Waals surface area contributed by atoms with Crippen LogP contribution in [0.25, 0.3) is 17.8 Å². The number of nitrogens with zero attached hydrogens (tertiary/aromatic N) is 4. The Hall–Kier alpha value is -2.87. The van der Waals surface area contributed by atoms with Gasteiger partial charge in [0.2, 0.25) is 0 Å². The van der Waals surface area contributed by atoms with Gasteiger partial charge in [-0.2, -0.15) is 5.10 Å². The minimum absolute atomic E-state index is 0.00244. The molecule has 0 saturated carbocycles. The maximum atomic E-state index is 14.0. The Morgan fingerprint density at radius 2 is 2.23 bits per heavy atom. The summed E-state index contributed by atoms with van der Waals surface area (Å²) in [5.41, 5.74) is 0.933. The van der Waals surface area contributed by atoms with E-state index in [0.29, 0.717) is 16.3 Å². The topological polar surface area (TPSA) is 80.9 Å². The number of thiazole rings is 1. The zero-order valence-electron chi connectivity index (χ0n) is 11.0. The molecule has 2 aromatic heterocycles. The fourth-order valence-electron chi connectivity index (χ4n) is 1.78. The number of hydrogen-bond acceptors (Lipinski definition) is 5. The maximum absolute atomic E-state index is 14.0. The molecule has 0 aliphatic rings. The third kappa shape index (κ3) is 2.91. The third-order valence-electron chi connectivity index (χ3n) is 2.80. The van der Waals surface area contributed by atoms with Crippen molar-refractivity contribution in [2.75, 3.05) is 0 Å². The van der Waals surface area contributed by atoms with Gasteiger partial charge in [-0.25, -0.2) is 23.8 Å². The van der Waals surface area contributed by atoms with Gasteiger partial charge in [0.05, 0.1) is 0 Å². The lowest BCUT2D eigenvalue weighted by molar-refractivity contribution is 0.0691. The first-order valence-electron chi connectivity index (χ1n) is 6.15. The smallest absolute Gasteiger partial charge is 0.355 e. The lowest BCUT2D eigenvalue weighted by atomic mass is 10.2. The van der Waals surface area contributed by atoms with Crippen molar-refractivity contribution in [1.29, 1.82) is 0 Å². The summed E-state index contributed by atoms with van der Waals surface area (Å²) in [6.45, 7) is 0. The highest BCUT2D eigenvalue weighted by atomic mass is 32.1. The Kier molecular flexibility index (Phi) is 3.75. The van der Waals surface area contributed by atoms with Crippen molar-refractivity contribution in [1.82, 2.24) is 19.7 Å². The van der Waals surface area contributed by atoms with Crippen molar-refractivity contribution >= 4 is 29.5 Å². The quantitative estimate of drug-likeness (QED) is 0.800. The molecule has 0 radical (unpaired) electrons. The molecule has 0 atom stereocenters. The SMILES string of the molecule is O=C(O)c1csc(/C=C/c2ccc(-n3cncn3)c(F)c2)n1. The molecule has 22 heavy (non-hydrogen) atoms. The lowest BCUT2D eigenvalue weighted by Crippen LogP contribution is -1.98. The average molecular weight is 316 g/mol. The first-order valence-corrected chi connectivity index (χ1v) is 7.03. The number of carbonyl (C=O) groups is 1. The molecule has 0 amide bonds. The summed E-state index contributed by atoms with van der Waals surface area (Å²) < 4.78 is 15.4. The summed E-state index contributed by atoms with van der Waals surface area (Å²) in [5, 5.41) is 14.7. The molecule has 1 aromatic carbocycles. The van der Waals surface area contributed by atoms with Crippen LogP contribution in [-0.2, 0) is 0 Å². The van der Waals surface area contributed by atoms with Crippen LogP contribution < -0.4 is 0 Å². The van der Waals surface area contributed by atoms with E-state index < -0.39 is 11.8 Å². The molecule has 0 saturated heterocycles. The van der Waals surface area contributed by atoms with Gasteiger partial charge in [0.1, 0.15) is 29.2 Å². The second kappa shape index (κ2) is 5.86. The van der Waals surface area contributed by atoms with E-state index in [1.807, 2.05) is 0 Å². The maximum Gasteiger partial charge on any atom is 0.355 e. The number of carboxylic acid groups (broad SMARTS) is 1. The first kappa shape index (κ1) is 14.1. The molecular formula is C14H9FN4O2S. The number of carboxylic acids is 1. The van der Waals surface area contributed by atoms with Gasteiger partial charge in [-0.1, -0.05) is 12.1 Å². The van der Waals surface area contributed by atoms with Crippen LogP contribution in [0.1, 0.15) is 21.1 Å². The van der Waals surface area contributed by atoms with Gasteiger partial charge < -0.3 is 5.11 Å². The Morgan fingerprint density at radius 3 is 2.86 bits per heavy atom. The van der Waals surface area contributed by atoms with Crippen LogP contribution in [0.2, 0.25) is 0 Å². The molecule has 0 aliphatic heterocycles. The molecule has 0 bridgehead atoms. The van der Waals surface area contributed by atoms with Crippen LogP contribution in [0.15, 0.2) is 36.2 Å². The highest BCUT2D eigenvalue weighted by Crippen LogP contribution is 2.17. The fourth-order valence-corrected chi connectivity index (χ4v) is 2.46. The summed E-state index contributed by atoms with van der Waals surface area (Å²) in [6, 6.07) is 4.68. The zero-order chi connectivity index (χ0) is 15.5. The van der Waals surface area contributed by atoms with Crippen molar-refractivity contribution in [3.8, 4) is 5.69 Å². The van der Waals surface area contributed by atoms with Crippen molar-refractivity contribution in [2.24, 2.45) is 0 Å². The number of aromatic carboxylic acids is 1. The van der Waals surface area contributed by atoms with Crippen LogP contribution in [-0.4, -0.2) is 30.8 Å². The minimum Gasteiger partial charge on any atom is -0.476 e. The molecule has 6 nitrogen and oxygen atoms in total. The molecule has 0 unspecified atom stereocenters. The lowest BCUT2D eigenvalue weighted by Gasteiger charge is -2.03. The predicted octanol–water partition coefficient (Wildman–Crippen LogP) is 2.73. The van der Waals surface area contributed by atoms with Gasteiger partial charge >= 0.3 is 5.97 Å². The summed E-state index contributed by atoms with van der Waals surface area (Å²) in [7, 11) is 0. The molecule has 0 spiro atoms. The molecule has 3 aromatic rings. The summed E-state index contributed by atoms with van der Waals surface area (Å²) in [4.78, 5) is 18.4. The molecule has 0 aliphatic carbocycles. The van der Waals surface area contributed by atoms with Gasteiger partial charge in [0, 0.05) is 5.38 Å². The van der Waals surface area contributed by atoms with Crippen molar-refractivity contribution < 1.29 is 14.3 Å².